The van der Waals surface area contributed by atoms with Gasteiger partial charge in [0.05, 0.1) is 21.3 Å². The van der Waals surface area contributed by atoms with Crippen molar-refractivity contribution in [2.45, 2.75) is 32.6 Å². The molecule has 2 aromatic rings. The van der Waals surface area contributed by atoms with Gasteiger partial charge in [-0.1, -0.05) is 0 Å². The van der Waals surface area contributed by atoms with Gasteiger partial charge in [0.2, 0.25) is 11.8 Å². The Balaban J connectivity index is 1.56. The minimum absolute atomic E-state index is 0.0331. The van der Waals surface area contributed by atoms with E-state index in [-0.39, 0.29) is 5.91 Å². The molecule has 0 spiro atoms. The van der Waals surface area contributed by atoms with E-state index in [9.17, 15) is 4.79 Å². The average molecular weight is 415 g/mol. The Morgan fingerprint density at radius 1 is 1.17 bits per heavy atom. The van der Waals surface area contributed by atoms with E-state index in [1.54, 1.807) is 21.3 Å². The maximum Gasteiger partial charge on any atom is 0.321 e. The molecule has 0 aliphatic carbocycles. The van der Waals surface area contributed by atoms with E-state index in [1.165, 1.54) is 0 Å². The predicted octanol–water partition coefficient (Wildman–Crippen LogP) is 3.45. The van der Waals surface area contributed by atoms with Crippen LogP contribution in [0.15, 0.2) is 24.3 Å². The van der Waals surface area contributed by atoms with E-state index in [0.29, 0.717) is 24.2 Å². The Hall–Kier alpha value is -3.03. The Kier molecular flexibility index (Phi) is 7.32. The molecule has 2 heterocycles. The summed E-state index contributed by atoms with van der Waals surface area (Å²) in [6.07, 6.45) is 3.47. The van der Waals surface area contributed by atoms with Gasteiger partial charge in [0.1, 0.15) is 11.6 Å². The number of nitrogens with one attached hydrogen (secondary N) is 1. The lowest BCUT2D eigenvalue weighted by Crippen LogP contribution is -2.36. The molecular weight excluding hydrogens is 384 g/mol. The van der Waals surface area contributed by atoms with Crippen molar-refractivity contribution in [3.63, 3.8) is 0 Å². The van der Waals surface area contributed by atoms with Gasteiger partial charge in [-0.05, 0) is 55.9 Å². The van der Waals surface area contributed by atoms with Gasteiger partial charge in [0.15, 0.2) is 0 Å². The number of benzene rings is 1. The topological polar surface area (TPSA) is 85.8 Å². The first kappa shape index (κ1) is 21.7. The van der Waals surface area contributed by atoms with Gasteiger partial charge < -0.3 is 24.4 Å². The second kappa shape index (κ2) is 10.1. The van der Waals surface area contributed by atoms with Gasteiger partial charge in [0.25, 0.3) is 0 Å². The third kappa shape index (κ3) is 5.52. The van der Waals surface area contributed by atoms with Crippen molar-refractivity contribution in [2.75, 3.05) is 44.6 Å². The summed E-state index contributed by atoms with van der Waals surface area (Å²) in [5.41, 5.74) is 1.81. The number of ether oxygens (including phenoxy) is 3. The zero-order valence-corrected chi connectivity index (χ0v) is 18.1. The smallest absolute Gasteiger partial charge is 0.321 e. The Morgan fingerprint density at radius 3 is 2.70 bits per heavy atom. The van der Waals surface area contributed by atoms with Gasteiger partial charge in [-0.3, -0.25) is 4.79 Å². The van der Waals surface area contributed by atoms with Crippen LogP contribution in [0.4, 0.5) is 11.5 Å². The van der Waals surface area contributed by atoms with E-state index in [2.05, 4.69) is 20.2 Å². The summed E-state index contributed by atoms with van der Waals surface area (Å²) in [7, 11) is 4.75. The molecule has 1 atom stereocenters. The number of methoxy groups -OCH3 is 3. The highest BCUT2D eigenvalue weighted by Crippen LogP contribution is 2.28. The van der Waals surface area contributed by atoms with Gasteiger partial charge in [-0.2, -0.15) is 9.97 Å². The first-order chi connectivity index (χ1) is 14.5. The van der Waals surface area contributed by atoms with E-state index in [4.69, 9.17) is 14.2 Å². The molecule has 0 radical (unpaired) electrons. The van der Waals surface area contributed by atoms with Gasteiger partial charge >= 0.3 is 6.01 Å². The molecule has 1 aliphatic heterocycles. The molecular formula is C22H30N4O4. The quantitative estimate of drug-likeness (QED) is 0.708. The van der Waals surface area contributed by atoms with Crippen LogP contribution >= 0.6 is 0 Å². The van der Waals surface area contributed by atoms with Crippen LogP contribution in [0.1, 0.15) is 31.2 Å². The minimum atomic E-state index is 0.0331. The Morgan fingerprint density at radius 2 is 2.00 bits per heavy atom. The number of anilines is 2. The molecule has 1 amide bonds. The molecule has 0 bridgehead atoms. The number of amides is 1. The highest BCUT2D eigenvalue weighted by molar-refractivity contribution is 5.91. The minimum Gasteiger partial charge on any atom is -0.497 e. The molecule has 1 saturated heterocycles. The predicted molar refractivity (Wildman–Crippen MR) is 116 cm³/mol. The SMILES string of the molecule is COc1ccc(NC(=O)CCC2CCCN(c3cc(OC)nc(OC)n3)C2)c(C)c1. The number of nitrogens with zero attached hydrogens (tertiary/aromatic N) is 3. The summed E-state index contributed by atoms with van der Waals surface area (Å²) in [6, 6.07) is 7.76. The van der Waals surface area contributed by atoms with Crippen molar-refractivity contribution in [3.8, 4) is 17.6 Å². The van der Waals surface area contributed by atoms with Gasteiger partial charge in [0, 0.05) is 31.3 Å². The maximum atomic E-state index is 12.5. The molecule has 3 rings (SSSR count). The lowest BCUT2D eigenvalue weighted by atomic mass is 9.93. The van der Waals surface area contributed by atoms with Crippen molar-refractivity contribution in [1.82, 2.24) is 9.97 Å². The summed E-state index contributed by atoms with van der Waals surface area (Å²) in [6.45, 7) is 3.72. The lowest BCUT2D eigenvalue weighted by molar-refractivity contribution is -0.116. The van der Waals surface area contributed by atoms with Crippen LogP contribution in [-0.2, 0) is 4.79 Å². The molecule has 1 unspecified atom stereocenters. The van der Waals surface area contributed by atoms with Crippen molar-refractivity contribution in [3.05, 3.63) is 29.8 Å². The normalized spacial score (nSPS) is 16.1. The molecule has 30 heavy (non-hydrogen) atoms. The number of hydrogen-bond donors (Lipinski definition) is 1. The molecule has 1 N–H and O–H groups in total. The maximum absolute atomic E-state index is 12.5. The second-order valence-corrected chi connectivity index (χ2v) is 7.48. The van der Waals surface area contributed by atoms with Crippen LogP contribution in [-0.4, -0.2) is 50.3 Å². The molecule has 8 nitrogen and oxygen atoms in total. The molecule has 1 aromatic carbocycles. The average Bonchev–Trinajstić information content (AvgIpc) is 2.78. The number of carbonyl (C=O) groups is 1. The van der Waals surface area contributed by atoms with Crippen molar-refractivity contribution >= 4 is 17.4 Å². The number of piperidine rings is 1. The first-order valence-corrected chi connectivity index (χ1v) is 10.2. The van der Waals surface area contributed by atoms with E-state index >= 15 is 0 Å². The number of aromatic nitrogens is 2. The lowest BCUT2D eigenvalue weighted by Gasteiger charge is -2.33. The van der Waals surface area contributed by atoms with Crippen molar-refractivity contribution < 1.29 is 19.0 Å². The standard InChI is InChI=1S/C22H30N4O4/c1-15-12-17(28-2)8-9-18(15)23-20(27)10-7-16-6-5-11-26(14-16)19-13-21(29-3)25-22(24-19)30-4/h8-9,12-13,16H,5-7,10-11,14H2,1-4H3,(H,23,27). The van der Waals surface area contributed by atoms with E-state index in [1.807, 2.05) is 31.2 Å². The van der Waals surface area contributed by atoms with Crippen LogP contribution in [0.2, 0.25) is 0 Å². The highest BCUT2D eigenvalue weighted by atomic mass is 16.5. The second-order valence-electron chi connectivity index (χ2n) is 7.48. The van der Waals surface area contributed by atoms with Crippen LogP contribution in [0, 0.1) is 12.8 Å². The van der Waals surface area contributed by atoms with Gasteiger partial charge in [-0.15, -0.1) is 0 Å². The summed E-state index contributed by atoms with van der Waals surface area (Å²) in [4.78, 5) is 23.3. The van der Waals surface area contributed by atoms with Crippen LogP contribution in [0.25, 0.3) is 0 Å². The molecule has 1 aromatic heterocycles. The molecule has 0 saturated carbocycles. The van der Waals surface area contributed by atoms with Crippen molar-refractivity contribution in [1.29, 1.82) is 0 Å². The fourth-order valence-electron chi connectivity index (χ4n) is 3.71. The molecule has 1 aliphatic rings. The van der Waals surface area contributed by atoms with Crippen molar-refractivity contribution in [2.24, 2.45) is 5.92 Å². The van der Waals surface area contributed by atoms with Gasteiger partial charge in [-0.25, -0.2) is 0 Å². The van der Waals surface area contributed by atoms with E-state index in [0.717, 1.165) is 55.2 Å². The number of aryl methyl sites for hydroxylation is 1. The monoisotopic (exact) mass is 414 g/mol. The van der Waals surface area contributed by atoms with Crippen LogP contribution in [0.3, 0.4) is 0 Å². The largest absolute Gasteiger partial charge is 0.497 e. The highest BCUT2D eigenvalue weighted by Gasteiger charge is 2.23. The molecule has 8 heteroatoms. The molecule has 162 valence electrons. The third-order valence-corrected chi connectivity index (χ3v) is 5.39. The zero-order chi connectivity index (χ0) is 21.5. The fourth-order valence-corrected chi connectivity index (χ4v) is 3.71. The Labute approximate surface area is 177 Å². The summed E-state index contributed by atoms with van der Waals surface area (Å²) < 4.78 is 15.7. The summed E-state index contributed by atoms with van der Waals surface area (Å²) in [5.74, 6) is 2.51. The fraction of sp³-hybridized carbons (Fsp3) is 0.500. The summed E-state index contributed by atoms with van der Waals surface area (Å²) >= 11 is 0. The van der Waals surface area contributed by atoms with E-state index < -0.39 is 0 Å². The first-order valence-electron chi connectivity index (χ1n) is 10.2. The van der Waals surface area contributed by atoms with Crippen LogP contribution < -0.4 is 24.4 Å². The number of hydrogen-bond acceptors (Lipinski definition) is 7. The number of rotatable bonds is 8. The number of carbonyl (C=O) groups excluding carboxylic acids is 1. The molecule has 1 fully saturated rings. The van der Waals surface area contributed by atoms with Crippen LogP contribution in [0.5, 0.6) is 17.6 Å². The summed E-state index contributed by atoms with van der Waals surface area (Å²) in [5, 5.41) is 3.01. The zero-order valence-electron chi connectivity index (χ0n) is 18.1. The Bertz CT molecular complexity index is 852. The third-order valence-electron chi connectivity index (χ3n) is 5.39.